The Kier molecular flexibility index (Phi) is 9.44. The molecule has 0 saturated carbocycles. The zero-order chi connectivity index (χ0) is 25.4. The lowest BCUT2D eigenvalue weighted by Gasteiger charge is -2.30. The van der Waals surface area contributed by atoms with E-state index < -0.39 is 0 Å². The molecule has 0 unspecified atom stereocenters. The van der Waals surface area contributed by atoms with Gasteiger partial charge >= 0.3 is 0 Å². The highest BCUT2D eigenvalue weighted by atomic mass is 16.5. The second-order valence-electron chi connectivity index (χ2n) is 10.1. The summed E-state index contributed by atoms with van der Waals surface area (Å²) in [5.41, 5.74) is 7.43. The van der Waals surface area contributed by atoms with E-state index in [-0.39, 0.29) is 16.7 Å². The van der Waals surface area contributed by atoms with Crippen molar-refractivity contribution in [2.75, 3.05) is 6.61 Å². The molecule has 34 heavy (non-hydrogen) atoms. The van der Waals surface area contributed by atoms with Crippen LogP contribution < -0.4 is 10.2 Å². The van der Waals surface area contributed by atoms with Gasteiger partial charge in [-0.2, -0.15) is 10.4 Å². The predicted molar refractivity (Wildman–Crippen MR) is 139 cm³/mol. The molecule has 0 saturated heterocycles. The van der Waals surface area contributed by atoms with Crippen LogP contribution in [0.25, 0.3) is 0 Å². The van der Waals surface area contributed by atoms with Crippen molar-refractivity contribution in [1.82, 2.24) is 5.43 Å². The molecule has 0 atom stereocenters. The molecule has 0 aromatic heterocycles. The molecule has 0 aliphatic carbocycles. The second kappa shape index (κ2) is 11.8. The molecule has 1 N–H and O–H groups in total. The number of benzene rings is 2. The molecule has 0 aliphatic heterocycles. The highest BCUT2D eigenvalue weighted by Crippen LogP contribution is 2.38. The third-order valence-corrected chi connectivity index (χ3v) is 6.84. The average molecular weight is 462 g/mol. The molecular weight excluding hydrogens is 422 g/mol. The van der Waals surface area contributed by atoms with E-state index in [1.165, 1.54) is 11.1 Å². The van der Waals surface area contributed by atoms with E-state index in [9.17, 15) is 4.79 Å². The summed E-state index contributed by atoms with van der Waals surface area (Å²) in [7, 11) is 0. The summed E-state index contributed by atoms with van der Waals surface area (Å²) in [4.78, 5) is 12.2. The van der Waals surface area contributed by atoms with Gasteiger partial charge in [0.15, 0.2) is 0 Å². The standard InChI is InChI=1S/C29H39N3O2/c1-8-28(4,5)24-16-17-26(25(19-24)29(6,7)9-2)34-18-10-11-27(33)32-31-21(3)23-14-12-22(20-30)13-15-23/h12-17,19H,8-11,18H2,1-7H3,(H,32,33)/b31-21+. The maximum Gasteiger partial charge on any atom is 0.240 e. The third kappa shape index (κ3) is 7.18. The van der Waals surface area contributed by atoms with Gasteiger partial charge in [0, 0.05) is 12.0 Å². The van der Waals surface area contributed by atoms with Crippen LogP contribution in [0.5, 0.6) is 5.75 Å². The van der Waals surface area contributed by atoms with Crippen LogP contribution in [0.3, 0.4) is 0 Å². The molecule has 2 aromatic carbocycles. The first-order valence-electron chi connectivity index (χ1n) is 12.2. The van der Waals surface area contributed by atoms with Crippen molar-refractivity contribution < 1.29 is 9.53 Å². The Labute approximate surface area is 205 Å². The fourth-order valence-corrected chi connectivity index (χ4v) is 3.47. The van der Waals surface area contributed by atoms with Crippen LogP contribution in [0.1, 0.15) is 96.4 Å². The van der Waals surface area contributed by atoms with E-state index >= 15 is 0 Å². The summed E-state index contributed by atoms with van der Waals surface area (Å²) in [6.07, 6.45) is 3.02. The number of carbonyl (C=O) groups excluding carboxylic acids is 1. The Morgan fingerprint density at radius 2 is 1.68 bits per heavy atom. The van der Waals surface area contributed by atoms with Gasteiger partial charge in [-0.25, -0.2) is 5.43 Å². The van der Waals surface area contributed by atoms with E-state index in [4.69, 9.17) is 10.00 Å². The quantitative estimate of drug-likeness (QED) is 0.232. The molecule has 182 valence electrons. The van der Waals surface area contributed by atoms with E-state index in [1.807, 2.05) is 19.1 Å². The zero-order valence-electron chi connectivity index (χ0n) is 21.8. The van der Waals surface area contributed by atoms with Crippen LogP contribution in [0.2, 0.25) is 0 Å². The first-order chi connectivity index (χ1) is 16.0. The topological polar surface area (TPSA) is 74.5 Å². The molecule has 0 fully saturated rings. The van der Waals surface area contributed by atoms with Crippen LogP contribution >= 0.6 is 0 Å². The summed E-state index contributed by atoms with van der Waals surface area (Å²) in [5.74, 6) is 0.753. The monoisotopic (exact) mass is 461 g/mol. The van der Waals surface area contributed by atoms with Crippen LogP contribution in [0, 0.1) is 11.3 Å². The number of ether oxygens (including phenoxy) is 1. The lowest BCUT2D eigenvalue weighted by molar-refractivity contribution is -0.121. The molecule has 0 spiro atoms. The Balaban J connectivity index is 1.95. The van der Waals surface area contributed by atoms with Crippen LogP contribution in [0.15, 0.2) is 47.6 Å². The predicted octanol–water partition coefficient (Wildman–Crippen LogP) is 6.63. The van der Waals surface area contributed by atoms with Gasteiger partial charge in [-0.3, -0.25) is 4.79 Å². The van der Waals surface area contributed by atoms with Gasteiger partial charge in [0.25, 0.3) is 0 Å². The van der Waals surface area contributed by atoms with Crippen LogP contribution in [-0.4, -0.2) is 18.2 Å². The second-order valence-corrected chi connectivity index (χ2v) is 10.1. The Morgan fingerprint density at radius 1 is 1.03 bits per heavy atom. The first kappa shape index (κ1) is 27.1. The number of amides is 1. The number of nitrogens with one attached hydrogen (secondary N) is 1. The number of hydrogen-bond donors (Lipinski definition) is 1. The van der Waals surface area contributed by atoms with Gasteiger partial charge in [-0.15, -0.1) is 0 Å². The van der Waals surface area contributed by atoms with Crippen molar-refractivity contribution in [3.05, 3.63) is 64.7 Å². The molecule has 5 heteroatoms. The number of nitrogens with zero attached hydrogens (tertiary/aromatic N) is 2. The van der Waals surface area contributed by atoms with Crippen molar-refractivity contribution >= 4 is 11.6 Å². The third-order valence-electron chi connectivity index (χ3n) is 6.84. The number of carbonyl (C=O) groups is 1. The highest BCUT2D eigenvalue weighted by Gasteiger charge is 2.26. The maximum atomic E-state index is 12.2. The van der Waals surface area contributed by atoms with Crippen molar-refractivity contribution in [3.8, 4) is 11.8 Å². The zero-order valence-corrected chi connectivity index (χ0v) is 21.8. The van der Waals surface area contributed by atoms with Gasteiger partial charge in [0.05, 0.1) is 24.0 Å². The minimum Gasteiger partial charge on any atom is -0.493 e. The summed E-state index contributed by atoms with van der Waals surface area (Å²) < 4.78 is 6.15. The molecule has 0 radical (unpaired) electrons. The van der Waals surface area contributed by atoms with Gasteiger partial charge in [-0.1, -0.05) is 65.8 Å². The smallest absolute Gasteiger partial charge is 0.240 e. The van der Waals surface area contributed by atoms with Gasteiger partial charge in [-0.05, 0) is 66.3 Å². The highest BCUT2D eigenvalue weighted by molar-refractivity contribution is 5.99. The Bertz CT molecular complexity index is 1040. The largest absolute Gasteiger partial charge is 0.493 e. The lowest BCUT2D eigenvalue weighted by atomic mass is 9.76. The van der Waals surface area contributed by atoms with Crippen LogP contribution in [0.4, 0.5) is 0 Å². The minimum absolute atomic E-state index is 0.00419. The minimum atomic E-state index is -0.147. The fraction of sp³-hybridized carbons (Fsp3) is 0.483. The lowest BCUT2D eigenvalue weighted by Crippen LogP contribution is -2.22. The van der Waals surface area contributed by atoms with Gasteiger partial charge < -0.3 is 4.74 Å². The number of hydrogen-bond acceptors (Lipinski definition) is 4. The van der Waals surface area contributed by atoms with Gasteiger partial charge in [0.2, 0.25) is 5.91 Å². The summed E-state index contributed by atoms with van der Waals surface area (Å²) in [6.45, 7) is 15.8. The van der Waals surface area contributed by atoms with Gasteiger partial charge in [0.1, 0.15) is 5.75 Å². The summed E-state index contributed by atoms with van der Waals surface area (Å²) >= 11 is 0. The first-order valence-corrected chi connectivity index (χ1v) is 12.2. The SMILES string of the molecule is CCC(C)(C)c1ccc(OCCCC(=O)N/N=C(\C)c2ccc(C#N)cc2)c(C(C)(C)CC)c1. The van der Waals surface area contributed by atoms with E-state index in [0.29, 0.717) is 30.7 Å². The van der Waals surface area contributed by atoms with E-state index in [2.05, 4.69) is 76.3 Å². The fourth-order valence-electron chi connectivity index (χ4n) is 3.47. The number of hydrazone groups is 1. The Morgan fingerprint density at radius 3 is 2.26 bits per heavy atom. The molecule has 0 heterocycles. The van der Waals surface area contributed by atoms with Crippen molar-refractivity contribution in [1.29, 1.82) is 5.26 Å². The molecule has 1 amide bonds. The summed E-state index contributed by atoms with van der Waals surface area (Å²) in [5, 5.41) is 13.1. The van der Waals surface area contributed by atoms with Crippen LogP contribution in [-0.2, 0) is 15.6 Å². The average Bonchev–Trinajstić information content (AvgIpc) is 2.85. The molecule has 0 bridgehead atoms. The van der Waals surface area contributed by atoms with E-state index in [1.54, 1.807) is 12.1 Å². The molecule has 2 aromatic rings. The Hall–Kier alpha value is -3.13. The normalized spacial score (nSPS) is 12.2. The number of nitriles is 1. The van der Waals surface area contributed by atoms with Crippen molar-refractivity contribution in [2.45, 2.75) is 85.0 Å². The van der Waals surface area contributed by atoms with E-state index in [0.717, 1.165) is 24.2 Å². The summed E-state index contributed by atoms with van der Waals surface area (Å²) in [6, 6.07) is 15.8. The molecule has 5 nitrogen and oxygen atoms in total. The molecule has 2 rings (SSSR count). The molecular formula is C29H39N3O2. The molecule has 0 aliphatic rings. The maximum absolute atomic E-state index is 12.2. The van der Waals surface area contributed by atoms with Crippen molar-refractivity contribution in [2.24, 2.45) is 5.10 Å². The number of rotatable bonds is 11. The van der Waals surface area contributed by atoms with Crippen molar-refractivity contribution in [3.63, 3.8) is 0 Å².